The highest BCUT2D eigenvalue weighted by molar-refractivity contribution is 5.75. The van der Waals surface area contributed by atoms with Gasteiger partial charge in [0, 0.05) is 32.5 Å². The van der Waals surface area contributed by atoms with Gasteiger partial charge >= 0.3 is 0 Å². The summed E-state index contributed by atoms with van der Waals surface area (Å²) in [7, 11) is 5.53. The molecule has 1 atom stereocenters. The molecule has 0 aliphatic carbocycles. The van der Waals surface area contributed by atoms with E-state index in [0.717, 1.165) is 12.8 Å². The quantitative estimate of drug-likeness (QED) is 0.816. The van der Waals surface area contributed by atoms with Crippen LogP contribution in [0.5, 0.6) is 0 Å². The number of likely N-dealkylation sites (N-methyl/N-ethyl adjacent to an activating group) is 1. The van der Waals surface area contributed by atoms with Crippen LogP contribution in [-0.2, 0) is 11.3 Å². The first kappa shape index (κ1) is 13.8. The van der Waals surface area contributed by atoms with Crippen molar-refractivity contribution in [3.8, 4) is 0 Å². The van der Waals surface area contributed by atoms with Gasteiger partial charge in [0.2, 0.25) is 5.91 Å². The second-order valence-electron chi connectivity index (χ2n) is 4.54. The highest BCUT2D eigenvalue weighted by Crippen LogP contribution is 2.18. The number of hydrogen-bond acceptors (Lipinski definition) is 2. The average Bonchev–Trinajstić information content (AvgIpc) is 2.74. The van der Waals surface area contributed by atoms with Crippen molar-refractivity contribution in [3.05, 3.63) is 24.0 Å². The van der Waals surface area contributed by atoms with Crippen LogP contribution < -0.4 is 5.32 Å². The van der Waals surface area contributed by atoms with Gasteiger partial charge in [0.05, 0.1) is 0 Å². The highest BCUT2D eigenvalue weighted by atomic mass is 16.2. The van der Waals surface area contributed by atoms with Gasteiger partial charge in [-0.15, -0.1) is 0 Å². The maximum atomic E-state index is 11.6. The Bertz CT molecular complexity index is 357. The van der Waals surface area contributed by atoms with E-state index < -0.39 is 0 Å². The SMILES string of the molecule is CCCC(NC)c1ccn(CC(=O)N(C)C)c1. The number of aromatic nitrogens is 1. The summed E-state index contributed by atoms with van der Waals surface area (Å²) >= 11 is 0. The van der Waals surface area contributed by atoms with Crippen LogP contribution >= 0.6 is 0 Å². The van der Waals surface area contributed by atoms with Crippen LogP contribution in [0.1, 0.15) is 31.4 Å². The topological polar surface area (TPSA) is 37.3 Å². The summed E-state index contributed by atoms with van der Waals surface area (Å²) in [5, 5.41) is 3.30. The molecular weight excluding hydrogens is 214 g/mol. The molecule has 0 radical (unpaired) electrons. The largest absolute Gasteiger partial charge is 0.347 e. The van der Waals surface area contributed by atoms with Crippen LogP contribution in [0.2, 0.25) is 0 Å². The lowest BCUT2D eigenvalue weighted by Crippen LogP contribution is -2.25. The van der Waals surface area contributed by atoms with Crippen molar-refractivity contribution in [1.29, 1.82) is 0 Å². The van der Waals surface area contributed by atoms with E-state index in [1.54, 1.807) is 19.0 Å². The van der Waals surface area contributed by atoms with Gasteiger partial charge in [0.1, 0.15) is 6.54 Å². The van der Waals surface area contributed by atoms with Gasteiger partial charge in [-0.05, 0) is 25.1 Å². The van der Waals surface area contributed by atoms with Crippen molar-refractivity contribution >= 4 is 5.91 Å². The predicted molar refractivity (Wildman–Crippen MR) is 69.8 cm³/mol. The van der Waals surface area contributed by atoms with Crippen molar-refractivity contribution in [2.75, 3.05) is 21.1 Å². The van der Waals surface area contributed by atoms with Crippen LogP contribution in [0.15, 0.2) is 18.5 Å². The van der Waals surface area contributed by atoms with Gasteiger partial charge in [-0.2, -0.15) is 0 Å². The van der Waals surface area contributed by atoms with Crippen LogP contribution in [0, 0.1) is 0 Å². The van der Waals surface area contributed by atoms with E-state index in [4.69, 9.17) is 0 Å². The van der Waals surface area contributed by atoms with E-state index in [2.05, 4.69) is 24.5 Å². The Kier molecular flexibility index (Phi) is 5.22. The van der Waals surface area contributed by atoms with Gasteiger partial charge in [0.15, 0.2) is 0 Å². The van der Waals surface area contributed by atoms with Crippen LogP contribution in [0.25, 0.3) is 0 Å². The molecular formula is C13H23N3O. The lowest BCUT2D eigenvalue weighted by Gasteiger charge is -2.13. The molecule has 4 nitrogen and oxygen atoms in total. The third kappa shape index (κ3) is 3.89. The third-order valence-electron chi connectivity index (χ3n) is 2.92. The molecule has 1 aromatic heterocycles. The normalized spacial score (nSPS) is 12.5. The molecule has 0 saturated carbocycles. The molecule has 0 aliphatic rings. The number of amides is 1. The number of carbonyl (C=O) groups excluding carboxylic acids is 1. The van der Waals surface area contributed by atoms with E-state index in [-0.39, 0.29) is 5.91 Å². The van der Waals surface area contributed by atoms with Gasteiger partial charge in [-0.1, -0.05) is 13.3 Å². The first-order valence-electron chi connectivity index (χ1n) is 6.11. The first-order valence-corrected chi connectivity index (χ1v) is 6.11. The number of rotatable bonds is 6. The second kappa shape index (κ2) is 6.45. The van der Waals surface area contributed by atoms with Crippen molar-refractivity contribution in [3.63, 3.8) is 0 Å². The predicted octanol–water partition coefficient (Wildman–Crippen LogP) is 1.64. The van der Waals surface area contributed by atoms with Gasteiger partial charge in [-0.25, -0.2) is 0 Å². The number of nitrogens with one attached hydrogen (secondary N) is 1. The highest BCUT2D eigenvalue weighted by Gasteiger charge is 2.11. The van der Waals surface area contributed by atoms with Gasteiger partial charge in [0.25, 0.3) is 0 Å². The minimum atomic E-state index is 0.114. The summed E-state index contributed by atoms with van der Waals surface area (Å²) in [6, 6.07) is 2.47. The van der Waals surface area contributed by atoms with Crippen LogP contribution in [-0.4, -0.2) is 36.5 Å². The summed E-state index contributed by atoms with van der Waals surface area (Å²) < 4.78 is 1.94. The van der Waals surface area contributed by atoms with Crippen molar-refractivity contribution in [2.24, 2.45) is 0 Å². The molecule has 1 amide bonds. The molecule has 4 heteroatoms. The van der Waals surface area contributed by atoms with E-state index in [1.807, 2.05) is 17.8 Å². The summed E-state index contributed by atoms with van der Waals surface area (Å²) in [5.74, 6) is 0.114. The summed E-state index contributed by atoms with van der Waals surface area (Å²) in [4.78, 5) is 13.2. The van der Waals surface area contributed by atoms with E-state index in [1.165, 1.54) is 5.56 Å². The third-order valence-corrected chi connectivity index (χ3v) is 2.92. The molecule has 0 saturated heterocycles. The van der Waals surface area contributed by atoms with E-state index >= 15 is 0 Å². The molecule has 17 heavy (non-hydrogen) atoms. The summed E-state index contributed by atoms with van der Waals surface area (Å²) in [6.45, 7) is 2.59. The van der Waals surface area contributed by atoms with Crippen molar-refractivity contribution < 1.29 is 4.79 Å². The zero-order chi connectivity index (χ0) is 12.8. The molecule has 0 spiro atoms. The van der Waals surface area contributed by atoms with Crippen LogP contribution in [0.3, 0.4) is 0 Å². The standard InChI is InChI=1S/C13H23N3O/c1-5-6-12(14-2)11-7-8-16(9-11)10-13(17)15(3)4/h7-9,12,14H,5-6,10H2,1-4H3. The lowest BCUT2D eigenvalue weighted by molar-refractivity contribution is -0.129. The maximum Gasteiger partial charge on any atom is 0.241 e. The fourth-order valence-electron chi connectivity index (χ4n) is 1.83. The zero-order valence-corrected chi connectivity index (χ0v) is 11.2. The Labute approximate surface area is 104 Å². The molecule has 0 aliphatic heterocycles. The van der Waals surface area contributed by atoms with E-state index in [9.17, 15) is 4.79 Å². The Morgan fingerprint density at radius 2 is 2.24 bits per heavy atom. The monoisotopic (exact) mass is 237 g/mol. The first-order chi connectivity index (χ1) is 8.08. The Balaban J connectivity index is 2.67. The molecule has 1 aromatic rings. The smallest absolute Gasteiger partial charge is 0.241 e. The average molecular weight is 237 g/mol. The van der Waals surface area contributed by atoms with Gasteiger partial charge in [-0.3, -0.25) is 4.79 Å². The minimum Gasteiger partial charge on any atom is -0.347 e. The second-order valence-corrected chi connectivity index (χ2v) is 4.54. The molecule has 1 heterocycles. The molecule has 1 rings (SSSR count). The zero-order valence-electron chi connectivity index (χ0n) is 11.2. The minimum absolute atomic E-state index is 0.114. The molecule has 1 N–H and O–H groups in total. The fraction of sp³-hybridized carbons (Fsp3) is 0.615. The van der Waals surface area contributed by atoms with Crippen LogP contribution in [0.4, 0.5) is 0 Å². The molecule has 1 unspecified atom stereocenters. The number of nitrogens with zero attached hydrogens (tertiary/aromatic N) is 2. The van der Waals surface area contributed by atoms with Crippen molar-refractivity contribution in [1.82, 2.24) is 14.8 Å². The molecule has 0 fully saturated rings. The lowest BCUT2D eigenvalue weighted by atomic mass is 10.1. The fourth-order valence-corrected chi connectivity index (χ4v) is 1.83. The molecule has 0 aromatic carbocycles. The maximum absolute atomic E-state index is 11.6. The van der Waals surface area contributed by atoms with Gasteiger partial charge < -0.3 is 14.8 Å². The Morgan fingerprint density at radius 3 is 2.76 bits per heavy atom. The van der Waals surface area contributed by atoms with Crippen molar-refractivity contribution in [2.45, 2.75) is 32.4 Å². The number of hydrogen-bond donors (Lipinski definition) is 1. The summed E-state index contributed by atoms with van der Waals surface area (Å²) in [6.07, 6.45) is 6.28. The Hall–Kier alpha value is -1.29. The Morgan fingerprint density at radius 1 is 1.53 bits per heavy atom. The molecule has 0 bridgehead atoms. The number of carbonyl (C=O) groups is 1. The summed E-state index contributed by atoms with van der Waals surface area (Å²) in [5.41, 5.74) is 1.25. The molecule has 96 valence electrons. The van der Waals surface area contributed by atoms with E-state index in [0.29, 0.717) is 12.6 Å².